The molecule has 10 heteroatoms. The molecule has 2 aromatic heterocycles. The Bertz CT molecular complexity index is 1240. The predicted molar refractivity (Wildman–Crippen MR) is 133 cm³/mol. The number of hydrogen-bond donors (Lipinski definition) is 2. The van der Waals surface area contributed by atoms with Crippen LogP contribution in [0.3, 0.4) is 0 Å². The summed E-state index contributed by atoms with van der Waals surface area (Å²) in [4.78, 5) is 24.3. The number of fused-ring (bicyclic) bond motifs is 2. The Morgan fingerprint density at radius 1 is 1.14 bits per heavy atom. The number of anilines is 1. The van der Waals surface area contributed by atoms with Crippen molar-refractivity contribution in [2.75, 3.05) is 52.4 Å². The van der Waals surface area contributed by atoms with E-state index >= 15 is 0 Å². The Hall–Kier alpha value is -3.47. The summed E-state index contributed by atoms with van der Waals surface area (Å²) in [6, 6.07) is 10.8. The summed E-state index contributed by atoms with van der Waals surface area (Å²) >= 11 is 0. The Morgan fingerprint density at radius 3 is 2.67 bits per heavy atom. The summed E-state index contributed by atoms with van der Waals surface area (Å²) in [6.07, 6.45) is 1.92. The third-order valence-corrected chi connectivity index (χ3v) is 6.87. The fourth-order valence-electron chi connectivity index (χ4n) is 4.70. The zero-order valence-corrected chi connectivity index (χ0v) is 20.4. The van der Waals surface area contributed by atoms with E-state index < -0.39 is 11.7 Å². The number of nitrogens with zero attached hydrogens (tertiary/aromatic N) is 3. The standard InChI is InChI=1S/C26H30N4O6/c1-33-23-6-4-18-24(29-23)19(7-10-27-18)28-25(32)26(34-2)8-11-30(12-9-26)16-20(31)17-3-5-21-22(15-17)36-14-13-35-21/h3-7,10,15,20,31H,8-9,11-14,16H2,1-2H3,(H,27,28,32)/t20-/m1/s1. The maximum atomic E-state index is 13.4. The monoisotopic (exact) mass is 494 g/mol. The molecule has 1 fully saturated rings. The number of likely N-dealkylation sites (tertiary alicyclic amines) is 1. The molecular weight excluding hydrogens is 464 g/mol. The maximum absolute atomic E-state index is 13.4. The zero-order valence-electron chi connectivity index (χ0n) is 20.4. The molecule has 10 nitrogen and oxygen atoms in total. The highest BCUT2D eigenvalue weighted by atomic mass is 16.6. The largest absolute Gasteiger partial charge is 0.486 e. The maximum Gasteiger partial charge on any atom is 0.256 e. The predicted octanol–water partition coefficient (Wildman–Crippen LogP) is 2.56. The average molecular weight is 495 g/mol. The highest BCUT2D eigenvalue weighted by Gasteiger charge is 2.42. The van der Waals surface area contributed by atoms with Crippen LogP contribution >= 0.6 is 0 Å². The summed E-state index contributed by atoms with van der Waals surface area (Å²) in [5.74, 6) is 1.57. The van der Waals surface area contributed by atoms with Crippen LogP contribution in [0.2, 0.25) is 0 Å². The van der Waals surface area contributed by atoms with Gasteiger partial charge in [0.15, 0.2) is 11.5 Å². The van der Waals surface area contributed by atoms with Gasteiger partial charge in [-0.25, -0.2) is 4.98 Å². The van der Waals surface area contributed by atoms with Crippen molar-refractivity contribution in [1.82, 2.24) is 14.9 Å². The van der Waals surface area contributed by atoms with E-state index in [0.29, 0.717) is 79.8 Å². The number of hydrogen-bond acceptors (Lipinski definition) is 9. The van der Waals surface area contributed by atoms with E-state index in [0.717, 1.165) is 5.56 Å². The minimum Gasteiger partial charge on any atom is -0.486 e. The molecule has 3 aromatic rings. The molecule has 1 aromatic carbocycles. The van der Waals surface area contributed by atoms with E-state index in [-0.39, 0.29) is 5.91 Å². The van der Waals surface area contributed by atoms with Crippen LogP contribution in [-0.2, 0) is 9.53 Å². The smallest absolute Gasteiger partial charge is 0.256 e. The molecule has 0 radical (unpaired) electrons. The fourth-order valence-corrected chi connectivity index (χ4v) is 4.70. The number of aliphatic hydroxyl groups is 1. The van der Waals surface area contributed by atoms with Crippen molar-refractivity contribution < 1.29 is 28.8 Å². The van der Waals surface area contributed by atoms with Crippen molar-refractivity contribution in [3.63, 3.8) is 0 Å². The van der Waals surface area contributed by atoms with Crippen molar-refractivity contribution in [2.24, 2.45) is 0 Å². The second-order valence-corrected chi connectivity index (χ2v) is 8.95. The fraction of sp³-hybridized carbons (Fsp3) is 0.423. The summed E-state index contributed by atoms with van der Waals surface area (Å²) in [5.41, 5.74) is 1.55. The van der Waals surface area contributed by atoms with Crippen LogP contribution in [0.15, 0.2) is 42.6 Å². The topological polar surface area (TPSA) is 115 Å². The molecule has 36 heavy (non-hydrogen) atoms. The Labute approximate surface area is 209 Å². The van der Waals surface area contributed by atoms with Crippen LogP contribution in [0.4, 0.5) is 5.69 Å². The lowest BCUT2D eigenvalue weighted by molar-refractivity contribution is -0.144. The third-order valence-electron chi connectivity index (χ3n) is 6.87. The van der Waals surface area contributed by atoms with E-state index in [2.05, 4.69) is 20.2 Å². The molecular formula is C26H30N4O6. The summed E-state index contributed by atoms with van der Waals surface area (Å²) in [6.45, 7) is 2.68. The minimum atomic E-state index is -0.979. The van der Waals surface area contributed by atoms with Crippen molar-refractivity contribution in [3.8, 4) is 17.4 Å². The molecule has 2 N–H and O–H groups in total. The molecule has 2 aliphatic rings. The molecule has 5 rings (SSSR count). The Morgan fingerprint density at radius 2 is 1.92 bits per heavy atom. The summed E-state index contributed by atoms with van der Waals surface area (Å²) in [7, 11) is 3.10. The second-order valence-electron chi connectivity index (χ2n) is 8.95. The highest BCUT2D eigenvalue weighted by Crippen LogP contribution is 2.34. The molecule has 0 saturated carbocycles. The van der Waals surface area contributed by atoms with Gasteiger partial charge >= 0.3 is 0 Å². The molecule has 190 valence electrons. The van der Waals surface area contributed by atoms with Gasteiger partial charge in [-0.2, -0.15) is 0 Å². The van der Waals surface area contributed by atoms with Gasteiger partial charge in [0, 0.05) is 39.0 Å². The lowest BCUT2D eigenvalue weighted by atomic mass is 9.89. The number of amides is 1. The number of carbonyl (C=O) groups is 1. The van der Waals surface area contributed by atoms with Crippen LogP contribution in [0.5, 0.6) is 17.4 Å². The van der Waals surface area contributed by atoms with Gasteiger partial charge in [0.05, 0.1) is 24.4 Å². The van der Waals surface area contributed by atoms with E-state index in [1.54, 1.807) is 38.6 Å². The second kappa shape index (κ2) is 10.3. The number of ether oxygens (including phenoxy) is 4. The first-order valence-electron chi connectivity index (χ1n) is 12.0. The molecule has 1 saturated heterocycles. The molecule has 0 unspecified atom stereocenters. The number of nitrogens with one attached hydrogen (secondary N) is 1. The lowest BCUT2D eigenvalue weighted by Crippen LogP contribution is -2.53. The van der Waals surface area contributed by atoms with Crippen molar-refractivity contribution in [2.45, 2.75) is 24.5 Å². The van der Waals surface area contributed by atoms with Crippen LogP contribution in [0, 0.1) is 0 Å². The number of piperidine rings is 1. The first-order valence-corrected chi connectivity index (χ1v) is 12.0. The SMILES string of the molecule is COc1ccc2nccc(NC(=O)C3(OC)CCN(C[C@@H](O)c4ccc5c(c4)OCCO5)CC3)c2n1. The van der Waals surface area contributed by atoms with Crippen molar-refractivity contribution in [1.29, 1.82) is 0 Å². The number of carbonyl (C=O) groups excluding carboxylic acids is 1. The number of rotatable bonds is 7. The lowest BCUT2D eigenvalue weighted by Gasteiger charge is -2.40. The number of aromatic nitrogens is 2. The molecule has 4 heterocycles. The van der Waals surface area contributed by atoms with Gasteiger partial charge < -0.3 is 34.3 Å². The molecule has 0 spiro atoms. The van der Waals surface area contributed by atoms with Crippen molar-refractivity contribution in [3.05, 3.63) is 48.2 Å². The number of pyridine rings is 2. The van der Waals surface area contributed by atoms with Gasteiger partial charge in [-0.1, -0.05) is 6.07 Å². The molecule has 1 amide bonds. The quantitative estimate of drug-likeness (QED) is 0.511. The first kappa shape index (κ1) is 24.2. The highest BCUT2D eigenvalue weighted by molar-refractivity contribution is 6.03. The molecule has 0 aliphatic carbocycles. The Balaban J connectivity index is 1.24. The number of benzene rings is 1. The average Bonchev–Trinajstić information content (AvgIpc) is 2.93. The van der Waals surface area contributed by atoms with Crippen LogP contribution in [0.25, 0.3) is 11.0 Å². The zero-order chi connectivity index (χ0) is 25.1. The van der Waals surface area contributed by atoms with Crippen LogP contribution in [0.1, 0.15) is 24.5 Å². The third kappa shape index (κ3) is 4.79. The van der Waals surface area contributed by atoms with Gasteiger partial charge in [-0.05, 0) is 42.7 Å². The van der Waals surface area contributed by atoms with E-state index in [9.17, 15) is 9.90 Å². The summed E-state index contributed by atoms with van der Waals surface area (Å²) < 4.78 is 22.2. The van der Waals surface area contributed by atoms with Gasteiger partial charge in [0.1, 0.15) is 24.3 Å². The van der Waals surface area contributed by atoms with E-state index in [1.165, 1.54) is 0 Å². The number of β-amino-alcohol motifs (C(OH)–C–C–N with tert-alkyl or cyclic N) is 1. The van der Waals surface area contributed by atoms with Crippen LogP contribution in [-0.4, -0.2) is 78.6 Å². The molecule has 2 aliphatic heterocycles. The first-order chi connectivity index (χ1) is 17.5. The van der Waals surface area contributed by atoms with Gasteiger partial charge in [0.2, 0.25) is 5.88 Å². The molecule has 0 bridgehead atoms. The normalized spacial score (nSPS) is 18.0. The van der Waals surface area contributed by atoms with Crippen LogP contribution < -0.4 is 19.5 Å². The van der Waals surface area contributed by atoms with Gasteiger partial charge in [0.25, 0.3) is 5.91 Å². The van der Waals surface area contributed by atoms with E-state index in [4.69, 9.17) is 18.9 Å². The summed E-state index contributed by atoms with van der Waals surface area (Å²) in [5, 5.41) is 13.8. The van der Waals surface area contributed by atoms with Crippen molar-refractivity contribution >= 4 is 22.6 Å². The minimum absolute atomic E-state index is 0.228. The molecule has 1 atom stereocenters. The number of aliphatic hydroxyl groups excluding tert-OH is 1. The van der Waals surface area contributed by atoms with Gasteiger partial charge in [-0.3, -0.25) is 9.78 Å². The number of methoxy groups -OCH3 is 2. The van der Waals surface area contributed by atoms with Gasteiger partial charge in [-0.15, -0.1) is 0 Å². The van der Waals surface area contributed by atoms with E-state index in [1.807, 2.05) is 18.2 Å². The Kier molecular flexibility index (Phi) is 6.90.